The molecule has 1 aliphatic rings. The Balaban J connectivity index is 1.65. The second kappa shape index (κ2) is 8.19. The molecule has 0 aliphatic carbocycles. The number of aryl methyl sites for hydroxylation is 1. The smallest absolute Gasteiger partial charge is 0.266 e. The molecule has 0 saturated heterocycles. The predicted octanol–water partition coefficient (Wildman–Crippen LogP) is 3.41. The summed E-state index contributed by atoms with van der Waals surface area (Å²) in [7, 11) is -3.95. The summed E-state index contributed by atoms with van der Waals surface area (Å²) in [5.74, 6) is -1.17. The quantitative estimate of drug-likeness (QED) is 0.653. The maximum atomic E-state index is 14.6. The third-order valence-corrected chi connectivity index (χ3v) is 6.09. The lowest BCUT2D eigenvalue weighted by Crippen LogP contribution is -2.41. The Bertz CT molecular complexity index is 1210. The van der Waals surface area contributed by atoms with Crippen LogP contribution in [-0.4, -0.2) is 19.4 Å². The van der Waals surface area contributed by atoms with Crippen molar-refractivity contribution in [2.24, 2.45) is 4.99 Å². The van der Waals surface area contributed by atoms with E-state index in [2.05, 4.69) is 20.0 Å². The summed E-state index contributed by atoms with van der Waals surface area (Å²) in [5, 5.41) is 2.86. The lowest BCUT2D eigenvalue weighted by molar-refractivity contribution is 0.587. The van der Waals surface area contributed by atoms with Gasteiger partial charge in [0, 0.05) is 11.8 Å². The first kappa shape index (κ1) is 20.0. The Morgan fingerprint density at radius 1 is 0.933 bits per heavy atom. The molecule has 0 saturated carbocycles. The molecule has 154 valence electrons. The van der Waals surface area contributed by atoms with E-state index in [4.69, 9.17) is 0 Å². The van der Waals surface area contributed by atoms with Gasteiger partial charge in [-0.1, -0.05) is 30.3 Å². The van der Waals surface area contributed by atoms with Crippen LogP contribution in [0.1, 0.15) is 16.8 Å². The molecule has 0 radical (unpaired) electrons. The number of fused-ring (bicyclic) bond motifs is 1. The van der Waals surface area contributed by atoms with Crippen LogP contribution in [0, 0.1) is 11.6 Å². The van der Waals surface area contributed by atoms with Gasteiger partial charge in [0.2, 0.25) is 5.96 Å². The molecule has 0 atom stereocenters. The molecular formula is C21H18F2N4O2S. The van der Waals surface area contributed by atoms with Crippen molar-refractivity contribution in [2.45, 2.75) is 24.3 Å². The van der Waals surface area contributed by atoms with Gasteiger partial charge in [-0.15, -0.1) is 0 Å². The molecule has 4 rings (SSSR count). The summed E-state index contributed by atoms with van der Waals surface area (Å²) in [4.78, 5) is 7.92. The molecule has 0 fully saturated rings. The fourth-order valence-corrected chi connectivity index (χ4v) is 4.38. The van der Waals surface area contributed by atoms with Crippen molar-refractivity contribution in [3.8, 4) is 0 Å². The van der Waals surface area contributed by atoms with E-state index in [1.54, 1.807) is 0 Å². The number of hydrogen-bond donors (Lipinski definition) is 2. The molecule has 0 unspecified atom stereocenters. The number of hydrogen-bond acceptors (Lipinski definition) is 4. The highest BCUT2D eigenvalue weighted by molar-refractivity contribution is 7.90. The normalized spacial score (nSPS) is 15.9. The molecule has 0 amide bonds. The average molecular weight is 428 g/mol. The van der Waals surface area contributed by atoms with Crippen LogP contribution in [0.2, 0.25) is 0 Å². The van der Waals surface area contributed by atoms with E-state index < -0.39 is 21.7 Å². The van der Waals surface area contributed by atoms with E-state index in [-0.39, 0.29) is 34.3 Å². The van der Waals surface area contributed by atoms with Gasteiger partial charge in [-0.2, -0.15) is 0 Å². The molecule has 1 aliphatic heterocycles. The van der Waals surface area contributed by atoms with Gasteiger partial charge < -0.3 is 5.32 Å². The minimum atomic E-state index is -3.95. The van der Waals surface area contributed by atoms with Crippen LogP contribution in [0.5, 0.6) is 0 Å². The van der Waals surface area contributed by atoms with Gasteiger partial charge >= 0.3 is 0 Å². The molecule has 2 N–H and O–H groups in total. The summed E-state index contributed by atoms with van der Waals surface area (Å²) >= 11 is 0. The number of aromatic nitrogens is 1. The molecule has 9 heteroatoms. The zero-order valence-corrected chi connectivity index (χ0v) is 16.6. The van der Waals surface area contributed by atoms with Crippen molar-refractivity contribution in [3.05, 3.63) is 89.2 Å². The number of aliphatic imine (C=N–C) groups is 1. The Labute approximate surface area is 172 Å². The van der Waals surface area contributed by atoms with E-state index >= 15 is 0 Å². The van der Waals surface area contributed by atoms with Crippen LogP contribution in [0.25, 0.3) is 0 Å². The van der Waals surface area contributed by atoms with Crippen LogP contribution >= 0.6 is 0 Å². The predicted molar refractivity (Wildman–Crippen MR) is 110 cm³/mol. The summed E-state index contributed by atoms with van der Waals surface area (Å²) < 4.78 is 56.0. The molecular weight excluding hydrogens is 410 g/mol. The van der Waals surface area contributed by atoms with Crippen LogP contribution in [0.4, 0.5) is 14.5 Å². The molecule has 6 nitrogen and oxygen atoms in total. The van der Waals surface area contributed by atoms with Crippen LogP contribution in [0.3, 0.4) is 0 Å². The highest BCUT2D eigenvalue weighted by Gasteiger charge is 2.30. The van der Waals surface area contributed by atoms with Crippen LogP contribution < -0.4 is 10.0 Å². The van der Waals surface area contributed by atoms with Gasteiger partial charge in [-0.25, -0.2) is 26.9 Å². The number of guanidine groups is 1. The van der Waals surface area contributed by atoms with E-state index in [0.717, 1.165) is 11.6 Å². The molecule has 1 aromatic heterocycles. The Morgan fingerprint density at radius 3 is 2.50 bits per heavy atom. The van der Waals surface area contributed by atoms with E-state index in [1.807, 2.05) is 30.3 Å². The lowest BCUT2D eigenvalue weighted by Gasteiger charge is -2.24. The first-order valence-corrected chi connectivity index (χ1v) is 10.7. The van der Waals surface area contributed by atoms with Gasteiger partial charge in [0.05, 0.1) is 17.9 Å². The molecule has 3 aromatic rings. The second-order valence-electron chi connectivity index (χ2n) is 6.71. The zero-order chi connectivity index (χ0) is 21.1. The monoisotopic (exact) mass is 428 g/mol. The third kappa shape index (κ3) is 4.16. The fraction of sp³-hybridized carbons (Fsp3) is 0.143. The molecule has 2 aromatic carbocycles. The molecule has 0 bridgehead atoms. The number of sulfonamides is 1. The van der Waals surface area contributed by atoms with Crippen molar-refractivity contribution < 1.29 is 17.2 Å². The van der Waals surface area contributed by atoms with Crippen molar-refractivity contribution >= 4 is 21.7 Å². The Hall–Kier alpha value is -3.33. The number of nitrogens with one attached hydrogen (secondary N) is 2. The van der Waals surface area contributed by atoms with Crippen LogP contribution in [-0.2, 0) is 29.4 Å². The van der Waals surface area contributed by atoms with E-state index in [1.165, 1.54) is 24.4 Å². The summed E-state index contributed by atoms with van der Waals surface area (Å²) in [6, 6.07) is 14.6. The lowest BCUT2D eigenvalue weighted by atomic mass is 10.0. The zero-order valence-electron chi connectivity index (χ0n) is 15.8. The van der Waals surface area contributed by atoms with Crippen molar-refractivity contribution in [3.63, 3.8) is 0 Å². The number of halogens is 2. The number of benzene rings is 2. The first-order valence-electron chi connectivity index (χ1n) is 9.23. The Kier molecular flexibility index (Phi) is 5.45. The molecule has 30 heavy (non-hydrogen) atoms. The number of pyridine rings is 1. The van der Waals surface area contributed by atoms with E-state index in [9.17, 15) is 17.2 Å². The first-order chi connectivity index (χ1) is 14.4. The van der Waals surface area contributed by atoms with E-state index in [0.29, 0.717) is 12.8 Å². The Morgan fingerprint density at radius 2 is 1.73 bits per heavy atom. The van der Waals surface area contributed by atoms with Gasteiger partial charge in [-0.05, 0) is 42.7 Å². The second-order valence-corrected chi connectivity index (χ2v) is 8.36. The number of nitrogens with zero attached hydrogens (tertiary/aromatic N) is 2. The topological polar surface area (TPSA) is 83.5 Å². The maximum absolute atomic E-state index is 14.6. The summed E-state index contributed by atoms with van der Waals surface area (Å²) in [6.45, 7) is -0.179. The average Bonchev–Trinajstić information content (AvgIpc) is 2.72. The van der Waals surface area contributed by atoms with Crippen molar-refractivity contribution in [1.29, 1.82) is 0 Å². The minimum absolute atomic E-state index is 0.0603. The van der Waals surface area contributed by atoms with Gasteiger partial charge in [-0.3, -0.25) is 4.98 Å². The standard InChI is InChI=1S/C21H18F2N4O2S/c22-16-10-11-19-20(15(16)9-8-14-5-2-1-3-6-14)26-21(27-30(19,28)29)25-13-18-17(23)7-4-12-24-18/h1-7,10-12H,8-9,13H2,(H2,25,26,27). The van der Waals surface area contributed by atoms with Crippen molar-refractivity contribution in [1.82, 2.24) is 9.71 Å². The van der Waals surface area contributed by atoms with Crippen LogP contribution in [0.15, 0.2) is 70.7 Å². The summed E-state index contributed by atoms with van der Waals surface area (Å²) in [5.41, 5.74) is 1.47. The van der Waals surface area contributed by atoms with Crippen molar-refractivity contribution in [2.75, 3.05) is 5.32 Å². The SMILES string of the molecule is O=S1(=O)NC(=NCc2ncccc2F)Nc2c1ccc(F)c2CCc1ccccc1. The molecule has 2 heterocycles. The number of rotatable bonds is 5. The third-order valence-electron chi connectivity index (χ3n) is 4.71. The highest BCUT2D eigenvalue weighted by atomic mass is 32.2. The largest absolute Gasteiger partial charge is 0.324 e. The summed E-state index contributed by atoms with van der Waals surface area (Å²) in [6.07, 6.45) is 2.25. The van der Waals surface area contributed by atoms with Gasteiger partial charge in [0.25, 0.3) is 10.0 Å². The molecule has 0 spiro atoms. The van der Waals surface area contributed by atoms with Gasteiger partial charge in [0.1, 0.15) is 16.5 Å². The van der Waals surface area contributed by atoms with Gasteiger partial charge in [0.15, 0.2) is 0 Å². The highest BCUT2D eigenvalue weighted by Crippen LogP contribution is 2.31. The maximum Gasteiger partial charge on any atom is 0.266 e. The fourth-order valence-electron chi connectivity index (χ4n) is 3.21. The number of anilines is 1. The minimum Gasteiger partial charge on any atom is -0.324 e.